The number of hydrazone groups is 1. The second-order valence-electron chi connectivity index (χ2n) is 7.40. The molecule has 1 N–H and O–H groups in total. The first kappa shape index (κ1) is 21.5. The summed E-state index contributed by atoms with van der Waals surface area (Å²) in [6.45, 7) is -0.105. The first-order valence-electron chi connectivity index (χ1n) is 10.00. The third-order valence-corrected chi connectivity index (χ3v) is 5.60. The van der Waals surface area contributed by atoms with Crippen LogP contribution in [0.2, 0.25) is 0 Å². The van der Waals surface area contributed by atoms with Crippen molar-refractivity contribution in [3.8, 4) is 0 Å². The molecule has 0 radical (unpaired) electrons. The smallest absolute Gasteiger partial charge is 0.260 e. The van der Waals surface area contributed by atoms with Gasteiger partial charge in [0.2, 0.25) is 0 Å². The van der Waals surface area contributed by atoms with E-state index in [2.05, 4.69) is 15.5 Å². The maximum absolute atomic E-state index is 12.8. The zero-order chi connectivity index (χ0) is 22.6. The van der Waals surface area contributed by atoms with E-state index in [0.29, 0.717) is 22.6 Å². The molecule has 1 amide bonds. The van der Waals surface area contributed by atoms with Crippen LogP contribution >= 0.6 is 0 Å². The number of nitrogens with one attached hydrogen (secondary N) is 1. The Kier molecular flexibility index (Phi) is 6.13. The van der Waals surface area contributed by atoms with Crippen LogP contribution in [0.25, 0.3) is 11.0 Å². The van der Waals surface area contributed by atoms with Gasteiger partial charge in [0.05, 0.1) is 16.7 Å². The molecule has 162 valence electrons. The van der Waals surface area contributed by atoms with E-state index in [1.165, 1.54) is 0 Å². The summed E-state index contributed by atoms with van der Waals surface area (Å²) in [6.07, 6.45) is 1.15. The van der Waals surface area contributed by atoms with E-state index < -0.39 is 9.84 Å². The molecule has 1 aromatic heterocycles. The van der Waals surface area contributed by atoms with Crippen LogP contribution in [0.1, 0.15) is 17.0 Å². The van der Waals surface area contributed by atoms with E-state index in [1.807, 2.05) is 78.9 Å². The topological polar surface area (TPSA) is 93.4 Å². The number of para-hydroxylation sites is 2. The second kappa shape index (κ2) is 9.15. The van der Waals surface area contributed by atoms with Crippen molar-refractivity contribution < 1.29 is 13.2 Å². The average molecular weight is 447 g/mol. The molecule has 0 spiro atoms. The number of rotatable bonds is 7. The van der Waals surface area contributed by atoms with Gasteiger partial charge in [-0.2, -0.15) is 5.10 Å². The molecule has 0 saturated carbocycles. The molecule has 0 aliphatic heterocycles. The number of carbonyl (C=O) groups is 1. The van der Waals surface area contributed by atoms with Crippen LogP contribution in [0.5, 0.6) is 0 Å². The Morgan fingerprint density at radius 2 is 1.47 bits per heavy atom. The molecular formula is C24H22N4O3S. The summed E-state index contributed by atoms with van der Waals surface area (Å²) in [5, 5.41) is 4.39. The molecule has 7 nitrogen and oxygen atoms in total. The van der Waals surface area contributed by atoms with Gasteiger partial charge in [0, 0.05) is 17.4 Å². The van der Waals surface area contributed by atoms with Crippen molar-refractivity contribution in [1.29, 1.82) is 0 Å². The number of amides is 1. The van der Waals surface area contributed by atoms with Gasteiger partial charge in [0.15, 0.2) is 9.84 Å². The summed E-state index contributed by atoms with van der Waals surface area (Å²) in [5.74, 6) is -0.316. The van der Waals surface area contributed by atoms with Gasteiger partial charge >= 0.3 is 0 Å². The lowest BCUT2D eigenvalue weighted by molar-refractivity contribution is -0.121. The molecular weight excluding hydrogens is 424 g/mol. The number of sulfone groups is 1. The van der Waals surface area contributed by atoms with Gasteiger partial charge in [-0.05, 0) is 12.1 Å². The van der Waals surface area contributed by atoms with E-state index >= 15 is 0 Å². The van der Waals surface area contributed by atoms with Crippen molar-refractivity contribution in [3.05, 3.63) is 102 Å². The molecule has 0 bridgehead atoms. The number of aromatic nitrogens is 2. The van der Waals surface area contributed by atoms with E-state index in [1.54, 1.807) is 10.6 Å². The van der Waals surface area contributed by atoms with E-state index in [9.17, 15) is 13.2 Å². The fourth-order valence-corrected chi connectivity index (χ4v) is 4.12. The van der Waals surface area contributed by atoms with Crippen LogP contribution in [0.15, 0.2) is 90.0 Å². The molecule has 0 fully saturated rings. The van der Waals surface area contributed by atoms with Gasteiger partial charge in [-0.3, -0.25) is 4.79 Å². The summed E-state index contributed by atoms with van der Waals surface area (Å²) < 4.78 is 25.4. The predicted octanol–water partition coefficient (Wildman–Crippen LogP) is 3.15. The number of nitrogens with zero attached hydrogens (tertiary/aromatic N) is 3. The molecule has 0 aliphatic carbocycles. The quantitative estimate of drug-likeness (QED) is 0.349. The summed E-state index contributed by atoms with van der Waals surface area (Å²) in [7, 11) is -3.32. The zero-order valence-corrected chi connectivity index (χ0v) is 18.3. The van der Waals surface area contributed by atoms with Crippen molar-refractivity contribution in [2.75, 3.05) is 6.26 Å². The van der Waals surface area contributed by atoms with E-state index in [-0.39, 0.29) is 18.2 Å². The first-order valence-corrected chi connectivity index (χ1v) is 12.1. The Labute approximate surface area is 186 Å². The highest BCUT2D eigenvalue weighted by Gasteiger charge is 2.17. The van der Waals surface area contributed by atoms with Crippen molar-refractivity contribution in [1.82, 2.24) is 15.0 Å². The molecule has 4 aromatic rings. The number of benzene rings is 3. The highest BCUT2D eigenvalue weighted by molar-refractivity contribution is 7.89. The minimum Gasteiger partial charge on any atom is -0.318 e. The number of imidazole rings is 1. The van der Waals surface area contributed by atoms with Crippen LogP contribution in [0.3, 0.4) is 0 Å². The van der Waals surface area contributed by atoms with Gasteiger partial charge in [-0.1, -0.05) is 72.8 Å². The average Bonchev–Trinajstić information content (AvgIpc) is 3.10. The normalized spacial score (nSPS) is 11.3. The maximum atomic E-state index is 12.8. The molecule has 8 heteroatoms. The molecule has 0 atom stereocenters. The summed E-state index contributed by atoms with van der Waals surface area (Å²) >= 11 is 0. The van der Waals surface area contributed by atoms with Gasteiger partial charge in [0.1, 0.15) is 18.1 Å². The number of fused-ring (bicyclic) bond motifs is 1. The summed E-state index contributed by atoms with van der Waals surface area (Å²) in [6, 6.07) is 26.4. The maximum Gasteiger partial charge on any atom is 0.260 e. The molecule has 1 heterocycles. The second-order valence-corrected chi connectivity index (χ2v) is 9.54. The number of hydrogen-bond donors (Lipinski definition) is 1. The lowest BCUT2D eigenvalue weighted by Crippen LogP contribution is -2.26. The highest BCUT2D eigenvalue weighted by atomic mass is 32.2. The van der Waals surface area contributed by atoms with Crippen LogP contribution in [-0.4, -0.2) is 35.8 Å². The highest BCUT2D eigenvalue weighted by Crippen LogP contribution is 2.18. The summed E-state index contributed by atoms with van der Waals surface area (Å²) in [4.78, 5) is 17.2. The monoisotopic (exact) mass is 446 g/mol. The Balaban J connectivity index is 1.64. The first-order chi connectivity index (χ1) is 15.4. The van der Waals surface area contributed by atoms with Crippen molar-refractivity contribution in [2.24, 2.45) is 5.10 Å². The number of hydrogen-bond acceptors (Lipinski definition) is 5. The van der Waals surface area contributed by atoms with Gasteiger partial charge < -0.3 is 4.57 Å². The van der Waals surface area contributed by atoms with Gasteiger partial charge in [0.25, 0.3) is 5.91 Å². The van der Waals surface area contributed by atoms with Gasteiger partial charge in [-0.25, -0.2) is 18.8 Å². The minimum atomic E-state index is -3.32. The third-order valence-electron chi connectivity index (χ3n) is 4.81. The van der Waals surface area contributed by atoms with Crippen LogP contribution in [-0.2, 0) is 26.9 Å². The predicted molar refractivity (Wildman–Crippen MR) is 125 cm³/mol. The Bertz CT molecular complexity index is 1340. The lowest BCUT2D eigenvalue weighted by atomic mass is 10.0. The standard InChI is InChI=1S/C24H22N4O3S/c1-32(30,31)17-22-25-20-14-8-9-15-21(20)28(22)16-23(29)26-27-24(18-10-4-2-5-11-18)19-12-6-3-7-13-19/h2-15H,16-17H2,1H3,(H,26,29). The van der Waals surface area contributed by atoms with E-state index in [0.717, 1.165) is 17.4 Å². The molecule has 0 saturated heterocycles. The summed E-state index contributed by atoms with van der Waals surface area (Å²) in [5.41, 5.74) is 6.31. The zero-order valence-electron chi connectivity index (χ0n) is 17.5. The lowest BCUT2D eigenvalue weighted by Gasteiger charge is -2.10. The SMILES string of the molecule is CS(=O)(=O)Cc1nc2ccccc2n1CC(=O)NN=C(c1ccccc1)c1ccccc1. The molecule has 3 aromatic carbocycles. The van der Waals surface area contributed by atoms with Crippen molar-refractivity contribution in [2.45, 2.75) is 12.3 Å². The van der Waals surface area contributed by atoms with Crippen LogP contribution < -0.4 is 5.43 Å². The Morgan fingerprint density at radius 1 is 0.906 bits per heavy atom. The Morgan fingerprint density at radius 3 is 2.06 bits per heavy atom. The van der Waals surface area contributed by atoms with Crippen LogP contribution in [0, 0.1) is 0 Å². The molecule has 0 unspecified atom stereocenters. The van der Waals surface area contributed by atoms with Gasteiger partial charge in [-0.15, -0.1) is 0 Å². The fourth-order valence-electron chi connectivity index (χ4n) is 3.43. The van der Waals surface area contributed by atoms with Crippen molar-refractivity contribution >= 4 is 32.5 Å². The van der Waals surface area contributed by atoms with Crippen LogP contribution in [0.4, 0.5) is 0 Å². The van der Waals surface area contributed by atoms with Crippen molar-refractivity contribution in [3.63, 3.8) is 0 Å². The Hall–Kier alpha value is -3.78. The molecule has 32 heavy (non-hydrogen) atoms. The minimum absolute atomic E-state index is 0.105. The largest absolute Gasteiger partial charge is 0.318 e. The molecule has 4 rings (SSSR count). The number of carbonyl (C=O) groups excluding carboxylic acids is 1. The fraction of sp³-hybridized carbons (Fsp3) is 0.125. The molecule has 0 aliphatic rings. The van der Waals surface area contributed by atoms with E-state index in [4.69, 9.17) is 0 Å². The third kappa shape index (κ3) is 5.09.